The molecule has 1 aliphatic rings. The molecule has 0 N–H and O–H groups in total. The van der Waals surface area contributed by atoms with E-state index in [1.165, 1.54) is 0 Å². The fourth-order valence-corrected chi connectivity index (χ4v) is 2.71. The highest BCUT2D eigenvalue weighted by molar-refractivity contribution is 5.26. The van der Waals surface area contributed by atoms with Crippen LogP contribution in [0.1, 0.15) is 59.8 Å². The van der Waals surface area contributed by atoms with Gasteiger partial charge < -0.3 is 9.47 Å². The normalized spacial score (nSPS) is 23.6. The Morgan fingerprint density at radius 1 is 1.40 bits per heavy atom. The summed E-state index contributed by atoms with van der Waals surface area (Å²) in [6.07, 6.45) is 4.56. The highest BCUT2D eigenvalue weighted by atomic mass is 19.1. The van der Waals surface area contributed by atoms with Gasteiger partial charge in [0.15, 0.2) is 0 Å². The Balaban J connectivity index is 2.59. The number of rotatable bonds is 8. The van der Waals surface area contributed by atoms with Crippen LogP contribution in [-0.4, -0.2) is 24.9 Å². The average molecular weight is 284 g/mol. The summed E-state index contributed by atoms with van der Waals surface area (Å²) in [6, 6.07) is 0. The SMILES string of the molecule is C=C(F)C(CCC(CC)OC1(CC)CCOC1)=C(C)C. The minimum Gasteiger partial charge on any atom is -0.378 e. The van der Waals surface area contributed by atoms with Crippen molar-refractivity contribution in [3.8, 4) is 0 Å². The second-order valence-electron chi connectivity index (χ2n) is 5.91. The van der Waals surface area contributed by atoms with Gasteiger partial charge in [-0.05, 0) is 45.1 Å². The van der Waals surface area contributed by atoms with Crippen LogP contribution >= 0.6 is 0 Å². The molecule has 1 saturated heterocycles. The van der Waals surface area contributed by atoms with E-state index in [1.807, 2.05) is 13.8 Å². The largest absolute Gasteiger partial charge is 0.378 e. The van der Waals surface area contributed by atoms with Gasteiger partial charge in [0.2, 0.25) is 0 Å². The molecule has 1 aliphatic heterocycles. The zero-order valence-corrected chi connectivity index (χ0v) is 13.4. The van der Waals surface area contributed by atoms with Gasteiger partial charge in [-0.1, -0.05) is 26.0 Å². The quantitative estimate of drug-likeness (QED) is 0.587. The molecule has 116 valence electrons. The first-order valence-corrected chi connectivity index (χ1v) is 7.70. The molecule has 0 aromatic carbocycles. The lowest BCUT2D eigenvalue weighted by Crippen LogP contribution is -2.36. The smallest absolute Gasteiger partial charge is 0.119 e. The van der Waals surface area contributed by atoms with Gasteiger partial charge in [0.05, 0.1) is 18.3 Å². The van der Waals surface area contributed by atoms with E-state index in [9.17, 15) is 4.39 Å². The number of ether oxygens (including phenoxy) is 2. The molecule has 0 aliphatic carbocycles. The maximum absolute atomic E-state index is 13.4. The van der Waals surface area contributed by atoms with E-state index in [2.05, 4.69) is 20.4 Å². The van der Waals surface area contributed by atoms with Gasteiger partial charge in [-0.25, -0.2) is 4.39 Å². The van der Waals surface area contributed by atoms with E-state index < -0.39 is 0 Å². The standard InChI is InChI=1S/C17H29FO2/c1-6-15(8-9-16(13(3)4)14(5)18)20-17(7-2)10-11-19-12-17/h15H,5-12H2,1-4H3. The lowest BCUT2D eigenvalue weighted by atomic mass is 9.97. The number of halogens is 1. The molecule has 20 heavy (non-hydrogen) atoms. The first kappa shape index (κ1) is 17.4. The molecule has 0 bridgehead atoms. The Hall–Kier alpha value is -0.670. The number of allylic oxidation sites excluding steroid dienone is 3. The van der Waals surface area contributed by atoms with Crippen molar-refractivity contribution >= 4 is 0 Å². The van der Waals surface area contributed by atoms with Crippen LogP contribution in [0, 0.1) is 0 Å². The molecule has 0 aromatic rings. The molecule has 0 amide bonds. The molecule has 0 spiro atoms. The van der Waals surface area contributed by atoms with Crippen LogP contribution in [0.4, 0.5) is 4.39 Å². The van der Waals surface area contributed by atoms with E-state index in [0.717, 1.165) is 43.4 Å². The highest BCUT2D eigenvalue weighted by Gasteiger charge is 2.36. The molecular formula is C17H29FO2. The van der Waals surface area contributed by atoms with Gasteiger partial charge in [0.25, 0.3) is 0 Å². The van der Waals surface area contributed by atoms with Gasteiger partial charge >= 0.3 is 0 Å². The van der Waals surface area contributed by atoms with Gasteiger partial charge in [-0.2, -0.15) is 0 Å². The van der Waals surface area contributed by atoms with Crippen molar-refractivity contribution in [2.75, 3.05) is 13.2 Å². The fourth-order valence-electron chi connectivity index (χ4n) is 2.71. The first-order chi connectivity index (χ1) is 9.44. The van der Waals surface area contributed by atoms with Crippen LogP contribution in [0.15, 0.2) is 23.6 Å². The Kier molecular flexibility index (Phi) is 6.90. The maximum Gasteiger partial charge on any atom is 0.119 e. The van der Waals surface area contributed by atoms with E-state index in [0.29, 0.717) is 13.0 Å². The van der Waals surface area contributed by atoms with Crippen molar-refractivity contribution in [1.82, 2.24) is 0 Å². The number of hydrogen-bond donors (Lipinski definition) is 0. The molecule has 1 fully saturated rings. The summed E-state index contributed by atoms with van der Waals surface area (Å²) < 4.78 is 25.2. The summed E-state index contributed by atoms with van der Waals surface area (Å²) in [4.78, 5) is 0. The topological polar surface area (TPSA) is 18.5 Å². The lowest BCUT2D eigenvalue weighted by Gasteiger charge is -2.31. The zero-order valence-electron chi connectivity index (χ0n) is 13.4. The van der Waals surface area contributed by atoms with E-state index in [-0.39, 0.29) is 17.5 Å². The van der Waals surface area contributed by atoms with Gasteiger partial charge in [0, 0.05) is 13.0 Å². The zero-order chi connectivity index (χ0) is 15.2. The monoisotopic (exact) mass is 284 g/mol. The van der Waals surface area contributed by atoms with Crippen molar-refractivity contribution in [2.24, 2.45) is 0 Å². The van der Waals surface area contributed by atoms with Crippen molar-refractivity contribution < 1.29 is 13.9 Å². The molecule has 0 radical (unpaired) electrons. The third kappa shape index (κ3) is 4.71. The molecule has 2 nitrogen and oxygen atoms in total. The Bertz CT molecular complexity index is 350. The Morgan fingerprint density at radius 2 is 2.10 bits per heavy atom. The Morgan fingerprint density at radius 3 is 2.50 bits per heavy atom. The molecule has 2 atom stereocenters. The van der Waals surface area contributed by atoms with Crippen molar-refractivity contribution in [2.45, 2.75) is 71.5 Å². The summed E-state index contributed by atoms with van der Waals surface area (Å²) in [5.74, 6) is -0.311. The average Bonchev–Trinajstić information content (AvgIpc) is 2.86. The van der Waals surface area contributed by atoms with E-state index in [1.54, 1.807) is 0 Å². The molecule has 0 aromatic heterocycles. The maximum atomic E-state index is 13.4. The summed E-state index contributed by atoms with van der Waals surface area (Å²) in [5, 5.41) is 0. The van der Waals surface area contributed by atoms with E-state index >= 15 is 0 Å². The van der Waals surface area contributed by atoms with Crippen LogP contribution < -0.4 is 0 Å². The summed E-state index contributed by atoms with van der Waals surface area (Å²) in [6.45, 7) is 13.0. The van der Waals surface area contributed by atoms with Crippen molar-refractivity contribution in [3.63, 3.8) is 0 Å². The van der Waals surface area contributed by atoms with Gasteiger partial charge in [0.1, 0.15) is 5.83 Å². The third-order valence-corrected chi connectivity index (χ3v) is 4.23. The predicted octanol–water partition coefficient (Wildman–Crippen LogP) is 4.95. The van der Waals surface area contributed by atoms with Crippen LogP contribution in [-0.2, 0) is 9.47 Å². The first-order valence-electron chi connectivity index (χ1n) is 7.70. The minimum atomic E-state index is -0.311. The summed E-state index contributed by atoms with van der Waals surface area (Å²) >= 11 is 0. The molecule has 2 unspecified atom stereocenters. The minimum absolute atomic E-state index is 0.126. The second-order valence-corrected chi connectivity index (χ2v) is 5.91. The number of hydrogen-bond acceptors (Lipinski definition) is 2. The van der Waals surface area contributed by atoms with E-state index in [4.69, 9.17) is 9.47 Å². The van der Waals surface area contributed by atoms with Gasteiger partial charge in [-0.15, -0.1) is 0 Å². The summed E-state index contributed by atoms with van der Waals surface area (Å²) in [5.41, 5.74) is 1.61. The molecule has 3 heteroatoms. The van der Waals surface area contributed by atoms with Crippen molar-refractivity contribution in [1.29, 1.82) is 0 Å². The second kappa shape index (κ2) is 7.94. The predicted molar refractivity (Wildman–Crippen MR) is 81.5 cm³/mol. The molecule has 1 rings (SSSR count). The molecule has 1 heterocycles. The van der Waals surface area contributed by atoms with Crippen molar-refractivity contribution in [3.05, 3.63) is 23.6 Å². The Labute approximate surface area is 123 Å². The highest BCUT2D eigenvalue weighted by Crippen LogP contribution is 2.31. The third-order valence-electron chi connectivity index (χ3n) is 4.23. The van der Waals surface area contributed by atoms with Gasteiger partial charge in [-0.3, -0.25) is 0 Å². The van der Waals surface area contributed by atoms with Crippen LogP contribution in [0.25, 0.3) is 0 Å². The molecular weight excluding hydrogens is 255 g/mol. The van der Waals surface area contributed by atoms with Crippen LogP contribution in [0.3, 0.4) is 0 Å². The summed E-state index contributed by atoms with van der Waals surface area (Å²) in [7, 11) is 0. The fraction of sp³-hybridized carbons (Fsp3) is 0.765. The lowest BCUT2D eigenvalue weighted by molar-refractivity contribution is -0.101. The van der Waals surface area contributed by atoms with Crippen LogP contribution in [0.5, 0.6) is 0 Å². The molecule has 0 saturated carbocycles. The van der Waals surface area contributed by atoms with Crippen LogP contribution in [0.2, 0.25) is 0 Å².